The van der Waals surface area contributed by atoms with Gasteiger partial charge in [0.15, 0.2) is 0 Å². The van der Waals surface area contributed by atoms with Crippen LogP contribution in [0.15, 0.2) is 17.5 Å². The average molecular weight is 380 g/mol. The zero-order valence-electron chi connectivity index (χ0n) is 14.7. The van der Waals surface area contributed by atoms with E-state index in [1.807, 2.05) is 29.3 Å². The molecule has 1 saturated heterocycles. The van der Waals surface area contributed by atoms with Crippen molar-refractivity contribution < 1.29 is 19.5 Å². The molecule has 8 nitrogen and oxygen atoms in total. The summed E-state index contributed by atoms with van der Waals surface area (Å²) >= 11 is 1.46. The lowest BCUT2D eigenvalue weighted by atomic mass is 9.85. The molecule has 1 unspecified atom stereocenters. The number of carboxylic acids is 1. The van der Waals surface area contributed by atoms with Crippen molar-refractivity contribution in [3.8, 4) is 0 Å². The van der Waals surface area contributed by atoms with E-state index in [9.17, 15) is 14.4 Å². The average Bonchev–Trinajstić information content (AvgIpc) is 3.09. The molecule has 9 heteroatoms. The highest BCUT2D eigenvalue weighted by Crippen LogP contribution is 2.29. The number of nitrogens with one attached hydrogen (secondary N) is 2. The number of amides is 3. The van der Waals surface area contributed by atoms with Crippen molar-refractivity contribution in [2.45, 2.75) is 37.9 Å². The molecule has 0 spiro atoms. The molecule has 1 aliphatic heterocycles. The van der Waals surface area contributed by atoms with Crippen LogP contribution in [0.3, 0.4) is 0 Å². The summed E-state index contributed by atoms with van der Waals surface area (Å²) in [6.45, 7) is 3.55. The van der Waals surface area contributed by atoms with Crippen LogP contribution in [0.25, 0.3) is 0 Å². The number of thiophene rings is 1. The predicted octanol–water partition coefficient (Wildman–Crippen LogP) is 0.868. The standard InChI is InChI=1S/C17H24N4O4S/c1-2-20(10-14(22)23)12-8-11(9-12)19-17(25)21-6-5-18-16(24)15(21)13-4-3-7-26-13/h3-4,7,11-12,15H,2,5-6,8-10H2,1H3,(H,18,24)(H,19,25)(H,22,23). The van der Waals surface area contributed by atoms with Crippen LogP contribution in [0.2, 0.25) is 0 Å². The summed E-state index contributed by atoms with van der Waals surface area (Å²) in [4.78, 5) is 40.2. The summed E-state index contributed by atoms with van der Waals surface area (Å²) in [7, 11) is 0. The van der Waals surface area contributed by atoms with Gasteiger partial charge in [0.05, 0.1) is 6.54 Å². The van der Waals surface area contributed by atoms with E-state index in [1.165, 1.54) is 11.3 Å². The minimum Gasteiger partial charge on any atom is -0.480 e. The number of piperazine rings is 1. The second kappa shape index (κ2) is 8.05. The summed E-state index contributed by atoms with van der Waals surface area (Å²) in [6.07, 6.45) is 1.47. The second-order valence-corrected chi connectivity index (χ2v) is 7.61. The van der Waals surface area contributed by atoms with Crippen LogP contribution >= 0.6 is 11.3 Å². The van der Waals surface area contributed by atoms with Gasteiger partial charge in [-0.2, -0.15) is 0 Å². The number of aliphatic carboxylic acids is 1. The van der Waals surface area contributed by atoms with Gasteiger partial charge in [0.1, 0.15) is 6.04 Å². The van der Waals surface area contributed by atoms with Gasteiger partial charge >= 0.3 is 12.0 Å². The Morgan fingerprint density at radius 2 is 2.23 bits per heavy atom. The molecule has 0 radical (unpaired) electrons. The van der Waals surface area contributed by atoms with Crippen molar-refractivity contribution in [1.82, 2.24) is 20.4 Å². The van der Waals surface area contributed by atoms with Crippen molar-refractivity contribution >= 4 is 29.2 Å². The molecule has 2 aliphatic rings. The lowest BCUT2D eigenvalue weighted by Crippen LogP contribution is -2.60. The molecule has 3 N–H and O–H groups in total. The molecule has 2 heterocycles. The van der Waals surface area contributed by atoms with E-state index < -0.39 is 12.0 Å². The number of nitrogens with zero attached hydrogens (tertiary/aromatic N) is 2. The second-order valence-electron chi connectivity index (χ2n) is 6.63. The number of urea groups is 1. The quantitative estimate of drug-likeness (QED) is 0.680. The monoisotopic (exact) mass is 380 g/mol. The fourth-order valence-corrected chi connectivity index (χ4v) is 4.38. The maximum Gasteiger partial charge on any atom is 0.318 e. The molecular weight excluding hydrogens is 356 g/mol. The number of hydrogen-bond acceptors (Lipinski definition) is 5. The van der Waals surface area contributed by atoms with Gasteiger partial charge in [0, 0.05) is 30.1 Å². The Kier molecular flexibility index (Phi) is 5.77. The molecule has 0 bridgehead atoms. The molecule has 142 valence electrons. The van der Waals surface area contributed by atoms with E-state index in [4.69, 9.17) is 5.11 Å². The fourth-order valence-electron chi connectivity index (χ4n) is 3.55. The molecular formula is C17H24N4O4S. The lowest BCUT2D eigenvalue weighted by molar-refractivity contribution is -0.139. The van der Waals surface area contributed by atoms with Gasteiger partial charge in [0.2, 0.25) is 5.91 Å². The number of carbonyl (C=O) groups excluding carboxylic acids is 2. The normalized spacial score (nSPS) is 25.5. The van der Waals surface area contributed by atoms with E-state index in [2.05, 4.69) is 10.6 Å². The third kappa shape index (κ3) is 3.99. The van der Waals surface area contributed by atoms with Gasteiger partial charge in [-0.1, -0.05) is 13.0 Å². The van der Waals surface area contributed by atoms with Gasteiger partial charge in [-0.25, -0.2) is 4.79 Å². The van der Waals surface area contributed by atoms with Gasteiger partial charge in [-0.05, 0) is 30.8 Å². The molecule has 1 atom stereocenters. The van der Waals surface area contributed by atoms with Gasteiger partial charge in [-0.15, -0.1) is 11.3 Å². The molecule has 1 aliphatic carbocycles. The topological polar surface area (TPSA) is 102 Å². The van der Waals surface area contributed by atoms with Gasteiger partial charge < -0.3 is 20.6 Å². The Morgan fingerprint density at radius 1 is 1.46 bits per heavy atom. The van der Waals surface area contributed by atoms with Crippen LogP contribution in [-0.2, 0) is 9.59 Å². The van der Waals surface area contributed by atoms with Crippen molar-refractivity contribution in [1.29, 1.82) is 0 Å². The van der Waals surface area contributed by atoms with Crippen LogP contribution in [0.4, 0.5) is 4.79 Å². The summed E-state index contributed by atoms with van der Waals surface area (Å²) < 4.78 is 0. The maximum atomic E-state index is 12.7. The first-order chi connectivity index (χ1) is 12.5. The zero-order chi connectivity index (χ0) is 18.7. The summed E-state index contributed by atoms with van der Waals surface area (Å²) in [5.74, 6) is -0.989. The third-order valence-corrected chi connectivity index (χ3v) is 5.91. The van der Waals surface area contributed by atoms with E-state index >= 15 is 0 Å². The van der Waals surface area contributed by atoms with E-state index in [1.54, 1.807) is 4.90 Å². The van der Waals surface area contributed by atoms with Crippen LogP contribution in [0, 0.1) is 0 Å². The Hall–Kier alpha value is -2.13. The minimum absolute atomic E-state index is 0.0179. The molecule has 1 aromatic rings. The smallest absolute Gasteiger partial charge is 0.318 e. The maximum absolute atomic E-state index is 12.7. The van der Waals surface area contributed by atoms with Crippen molar-refractivity contribution in [3.05, 3.63) is 22.4 Å². The molecule has 2 fully saturated rings. The first-order valence-corrected chi connectivity index (χ1v) is 9.71. The highest BCUT2D eigenvalue weighted by atomic mass is 32.1. The Balaban J connectivity index is 1.56. The largest absolute Gasteiger partial charge is 0.480 e. The van der Waals surface area contributed by atoms with Crippen LogP contribution < -0.4 is 10.6 Å². The molecule has 3 rings (SSSR count). The highest BCUT2D eigenvalue weighted by molar-refractivity contribution is 7.10. The SMILES string of the molecule is CCN(CC(=O)O)C1CC(NC(=O)N2CCNC(=O)C2c2cccs2)C1. The summed E-state index contributed by atoms with van der Waals surface area (Å²) in [5, 5.41) is 16.7. The van der Waals surface area contributed by atoms with Crippen molar-refractivity contribution in [3.63, 3.8) is 0 Å². The lowest BCUT2D eigenvalue weighted by Gasteiger charge is -2.43. The first kappa shape index (κ1) is 18.7. The number of carbonyl (C=O) groups is 3. The van der Waals surface area contributed by atoms with Gasteiger partial charge in [-0.3, -0.25) is 14.5 Å². The number of likely N-dealkylation sites (N-methyl/N-ethyl adjacent to an activating group) is 1. The number of rotatable bonds is 6. The van der Waals surface area contributed by atoms with E-state index in [-0.39, 0.29) is 30.6 Å². The van der Waals surface area contributed by atoms with E-state index in [0.717, 1.165) is 17.7 Å². The number of hydrogen-bond donors (Lipinski definition) is 3. The van der Waals surface area contributed by atoms with Gasteiger partial charge in [0.25, 0.3) is 0 Å². The van der Waals surface area contributed by atoms with E-state index in [0.29, 0.717) is 19.6 Å². The third-order valence-electron chi connectivity index (χ3n) is 4.99. The summed E-state index contributed by atoms with van der Waals surface area (Å²) in [6, 6.07) is 3.12. The number of carboxylic acid groups (broad SMARTS) is 1. The summed E-state index contributed by atoms with van der Waals surface area (Å²) in [5.41, 5.74) is 0. The molecule has 3 amide bonds. The van der Waals surface area contributed by atoms with Crippen LogP contribution in [-0.4, -0.2) is 71.1 Å². The van der Waals surface area contributed by atoms with Crippen LogP contribution in [0.5, 0.6) is 0 Å². The van der Waals surface area contributed by atoms with Crippen molar-refractivity contribution in [2.75, 3.05) is 26.2 Å². The Labute approximate surface area is 156 Å². The predicted molar refractivity (Wildman–Crippen MR) is 97.0 cm³/mol. The minimum atomic E-state index is -0.836. The molecule has 26 heavy (non-hydrogen) atoms. The Morgan fingerprint density at radius 3 is 2.85 bits per heavy atom. The Bertz CT molecular complexity index is 660. The molecule has 1 saturated carbocycles. The zero-order valence-corrected chi connectivity index (χ0v) is 15.5. The highest BCUT2D eigenvalue weighted by Gasteiger charge is 2.39. The van der Waals surface area contributed by atoms with Crippen LogP contribution in [0.1, 0.15) is 30.7 Å². The fraction of sp³-hybridized carbons (Fsp3) is 0.588. The molecule has 0 aromatic carbocycles. The molecule has 1 aromatic heterocycles. The van der Waals surface area contributed by atoms with Crippen molar-refractivity contribution in [2.24, 2.45) is 0 Å². The first-order valence-electron chi connectivity index (χ1n) is 8.83.